The summed E-state index contributed by atoms with van der Waals surface area (Å²) in [6.07, 6.45) is 6.45. The van der Waals surface area contributed by atoms with Crippen LogP contribution in [0.25, 0.3) is 11.0 Å². The maximum absolute atomic E-state index is 10.6. The van der Waals surface area contributed by atoms with Crippen LogP contribution in [0.3, 0.4) is 0 Å². The summed E-state index contributed by atoms with van der Waals surface area (Å²) in [5.74, 6) is 1.53. The van der Waals surface area contributed by atoms with E-state index < -0.39 is 11.3 Å². The van der Waals surface area contributed by atoms with Crippen molar-refractivity contribution in [1.29, 1.82) is 0 Å². The third-order valence-electron chi connectivity index (χ3n) is 4.20. The molecule has 0 saturated carbocycles. The van der Waals surface area contributed by atoms with E-state index in [-0.39, 0.29) is 0 Å². The van der Waals surface area contributed by atoms with Crippen molar-refractivity contribution in [3.63, 3.8) is 0 Å². The van der Waals surface area contributed by atoms with Gasteiger partial charge in [0, 0.05) is 26.7 Å². The smallest absolute Gasteiger partial charge is 0.231 e. The van der Waals surface area contributed by atoms with E-state index in [1.807, 2.05) is 13.2 Å². The van der Waals surface area contributed by atoms with Gasteiger partial charge in [0.25, 0.3) is 0 Å². The largest absolute Gasteiger partial charge is 0.356 e. The monoisotopic (exact) mass is 324 g/mol. The molecule has 3 rings (SSSR count). The SMILES string of the molecule is Cn1ncc2c(N3CCC(CCNS(=O)O)CC3)ncnc21. The minimum absolute atomic E-state index is 0.578. The van der Waals surface area contributed by atoms with Crippen LogP contribution in [0, 0.1) is 5.92 Å². The number of aryl methyl sites for hydroxylation is 1. The predicted molar refractivity (Wildman–Crippen MR) is 84.6 cm³/mol. The Kier molecular flexibility index (Phi) is 4.65. The Hall–Kier alpha value is -1.58. The molecule has 0 bridgehead atoms. The first-order valence-corrected chi connectivity index (χ1v) is 8.48. The number of nitrogens with zero attached hydrogens (tertiary/aromatic N) is 5. The Morgan fingerprint density at radius 3 is 2.91 bits per heavy atom. The molecule has 1 atom stereocenters. The van der Waals surface area contributed by atoms with Gasteiger partial charge in [0.05, 0.1) is 11.6 Å². The first-order valence-electron chi connectivity index (χ1n) is 7.37. The molecule has 0 radical (unpaired) electrons. The molecule has 2 aromatic heterocycles. The number of rotatable bonds is 5. The fourth-order valence-corrected chi connectivity index (χ4v) is 3.28. The van der Waals surface area contributed by atoms with Crippen LogP contribution in [-0.2, 0) is 18.3 Å². The fraction of sp³-hybridized carbons (Fsp3) is 0.615. The van der Waals surface area contributed by atoms with Crippen LogP contribution in [0.4, 0.5) is 5.82 Å². The Bertz CT molecular complexity index is 668. The number of aromatic nitrogens is 4. The molecular formula is C13H20N6O2S. The third kappa shape index (κ3) is 3.26. The number of nitrogens with one attached hydrogen (secondary N) is 1. The van der Waals surface area contributed by atoms with Crippen molar-refractivity contribution in [2.75, 3.05) is 24.5 Å². The minimum atomic E-state index is -1.91. The standard InChI is InChI=1S/C13H20N6O2S/c1-18-12-11(8-16-18)13(15-9-14-12)19-6-3-10(4-7-19)2-5-17-22(20)21/h8-10,17H,2-7H2,1H3,(H,20,21). The van der Waals surface area contributed by atoms with Gasteiger partial charge >= 0.3 is 0 Å². The molecule has 1 aliphatic rings. The predicted octanol–water partition coefficient (Wildman–Crippen LogP) is 0.696. The molecule has 0 aliphatic carbocycles. The Morgan fingerprint density at radius 2 is 2.18 bits per heavy atom. The lowest BCUT2D eigenvalue weighted by Crippen LogP contribution is -2.35. The molecule has 3 heterocycles. The number of hydrogen-bond donors (Lipinski definition) is 2. The van der Waals surface area contributed by atoms with Crippen LogP contribution in [0.2, 0.25) is 0 Å². The quantitative estimate of drug-likeness (QED) is 0.786. The second-order valence-corrected chi connectivity index (χ2v) is 6.35. The molecule has 2 aromatic rings. The molecule has 22 heavy (non-hydrogen) atoms. The fourth-order valence-electron chi connectivity index (χ4n) is 2.99. The van der Waals surface area contributed by atoms with Gasteiger partial charge in [0.15, 0.2) is 5.65 Å². The summed E-state index contributed by atoms with van der Waals surface area (Å²) in [6.45, 7) is 2.45. The first-order chi connectivity index (χ1) is 10.6. The molecule has 0 amide bonds. The van der Waals surface area contributed by atoms with Crippen molar-refractivity contribution in [2.45, 2.75) is 19.3 Å². The number of piperidine rings is 1. The molecule has 8 nitrogen and oxygen atoms in total. The van der Waals surface area contributed by atoms with Gasteiger partial charge in [0.1, 0.15) is 12.1 Å². The molecule has 2 N–H and O–H groups in total. The molecule has 9 heteroatoms. The molecule has 1 saturated heterocycles. The Morgan fingerprint density at radius 1 is 1.41 bits per heavy atom. The van der Waals surface area contributed by atoms with Crippen molar-refractivity contribution < 1.29 is 8.76 Å². The lowest BCUT2D eigenvalue weighted by atomic mass is 9.93. The van der Waals surface area contributed by atoms with Gasteiger partial charge in [-0.25, -0.2) is 18.9 Å². The summed E-state index contributed by atoms with van der Waals surface area (Å²) in [6, 6.07) is 0. The third-order valence-corrected chi connectivity index (χ3v) is 4.65. The zero-order valence-electron chi connectivity index (χ0n) is 12.5. The molecule has 0 spiro atoms. The molecule has 1 aliphatic heterocycles. The maximum Gasteiger partial charge on any atom is 0.231 e. The van der Waals surface area contributed by atoms with Crippen molar-refractivity contribution in [3.05, 3.63) is 12.5 Å². The van der Waals surface area contributed by atoms with Crippen LogP contribution in [-0.4, -0.2) is 48.1 Å². The molecular weight excluding hydrogens is 304 g/mol. The van der Waals surface area contributed by atoms with Gasteiger partial charge in [-0.3, -0.25) is 9.23 Å². The maximum atomic E-state index is 10.6. The van der Waals surface area contributed by atoms with Gasteiger partial charge in [-0.1, -0.05) is 0 Å². The zero-order valence-corrected chi connectivity index (χ0v) is 13.3. The summed E-state index contributed by atoms with van der Waals surface area (Å²) in [4.78, 5) is 11.0. The number of anilines is 1. The average Bonchev–Trinajstić information content (AvgIpc) is 2.89. The minimum Gasteiger partial charge on any atom is -0.356 e. The Balaban J connectivity index is 1.62. The summed E-state index contributed by atoms with van der Waals surface area (Å²) >= 11 is -1.91. The molecule has 1 unspecified atom stereocenters. The van der Waals surface area contributed by atoms with E-state index in [4.69, 9.17) is 4.55 Å². The topological polar surface area (TPSA) is 96.2 Å². The van der Waals surface area contributed by atoms with Crippen molar-refractivity contribution in [2.24, 2.45) is 13.0 Å². The van der Waals surface area contributed by atoms with E-state index in [9.17, 15) is 4.21 Å². The lowest BCUT2D eigenvalue weighted by molar-refractivity contribution is 0.380. The highest BCUT2D eigenvalue weighted by Gasteiger charge is 2.22. The van der Waals surface area contributed by atoms with Crippen LogP contribution >= 0.6 is 0 Å². The zero-order chi connectivity index (χ0) is 15.5. The average molecular weight is 324 g/mol. The number of hydrogen-bond acceptors (Lipinski definition) is 5. The molecule has 120 valence electrons. The van der Waals surface area contributed by atoms with Crippen molar-refractivity contribution in [1.82, 2.24) is 24.5 Å². The van der Waals surface area contributed by atoms with E-state index >= 15 is 0 Å². The number of fused-ring (bicyclic) bond motifs is 1. The highest BCUT2D eigenvalue weighted by molar-refractivity contribution is 7.77. The van der Waals surface area contributed by atoms with Crippen LogP contribution in [0.15, 0.2) is 12.5 Å². The molecule has 0 aromatic carbocycles. The van der Waals surface area contributed by atoms with E-state index in [0.29, 0.717) is 12.5 Å². The molecule has 1 fully saturated rings. The van der Waals surface area contributed by atoms with Crippen LogP contribution in [0.5, 0.6) is 0 Å². The van der Waals surface area contributed by atoms with Gasteiger partial charge in [-0.15, -0.1) is 0 Å². The van der Waals surface area contributed by atoms with Gasteiger partial charge < -0.3 is 4.90 Å². The van der Waals surface area contributed by atoms with Crippen LogP contribution in [0.1, 0.15) is 19.3 Å². The van der Waals surface area contributed by atoms with E-state index in [0.717, 1.165) is 49.2 Å². The van der Waals surface area contributed by atoms with Gasteiger partial charge in [-0.05, 0) is 25.2 Å². The van der Waals surface area contributed by atoms with E-state index in [1.165, 1.54) is 0 Å². The van der Waals surface area contributed by atoms with E-state index in [1.54, 1.807) is 11.0 Å². The summed E-state index contributed by atoms with van der Waals surface area (Å²) in [5.41, 5.74) is 0.849. The normalized spacial score (nSPS) is 18.0. The van der Waals surface area contributed by atoms with Gasteiger partial charge in [0.2, 0.25) is 11.3 Å². The first kappa shape index (κ1) is 15.3. The van der Waals surface area contributed by atoms with Crippen LogP contribution < -0.4 is 9.62 Å². The van der Waals surface area contributed by atoms with Gasteiger partial charge in [-0.2, -0.15) is 5.10 Å². The van der Waals surface area contributed by atoms with Crippen molar-refractivity contribution in [3.8, 4) is 0 Å². The highest BCUT2D eigenvalue weighted by atomic mass is 32.2. The Labute approximate surface area is 131 Å². The lowest BCUT2D eigenvalue weighted by Gasteiger charge is -2.33. The summed E-state index contributed by atoms with van der Waals surface area (Å²) in [7, 11) is 1.88. The van der Waals surface area contributed by atoms with E-state index in [2.05, 4.69) is 24.7 Å². The highest BCUT2D eigenvalue weighted by Crippen LogP contribution is 2.27. The summed E-state index contributed by atoms with van der Waals surface area (Å²) in [5, 5.41) is 5.24. The summed E-state index contributed by atoms with van der Waals surface area (Å²) < 4.78 is 23.6. The second kappa shape index (κ2) is 6.67. The van der Waals surface area contributed by atoms with Crippen molar-refractivity contribution >= 4 is 28.1 Å². The second-order valence-electron chi connectivity index (χ2n) is 5.57.